The zero-order valence-corrected chi connectivity index (χ0v) is 7.97. The Hall–Kier alpha value is -1.11. The maximum atomic E-state index is 11.7. The number of fused-ring (bicyclic) bond motifs is 1. The van der Waals surface area contributed by atoms with Crippen molar-refractivity contribution in [3.8, 4) is 0 Å². The maximum Gasteiger partial charge on any atom is 0.163 e. The minimum absolute atomic E-state index is 0.330. The minimum atomic E-state index is 0.330. The van der Waals surface area contributed by atoms with Crippen LogP contribution in [0.1, 0.15) is 40.7 Å². The van der Waals surface area contributed by atoms with E-state index in [2.05, 4.69) is 12.1 Å². The van der Waals surface area contributed by atoms with Gasteiger partial charge in [-0.15, -0.1) is 0 Å². The zero-order chi connectivity index (χ0) is 9.26. The predicted octanol–water partition coefficient (Wildman–Crippen LogP) is 2.90. The number of benzene rings is 1. The lowest BCUT2D eigenvalue weighted by Gasteiger charge is -2.04. The summed E-state index contributed by atoms with van der Waals surface area (Å²) in [4.78, 5) is 11.7. The van der Waals surface area contributed by atoms with Crippen molar-refractivity contribution in [1.29, 1.82) is 0 Å². The van der Waals surface area contributed by atoms with E-state index < -0.39 is 0 Å². The number of Topliss-reactive ketones (excluding diaryl/α,β-unsaturated/α-hetero) is 1. The highest BCUT2D eigenvalue weighted by atomic mass is 16.1. The molecule has 0 fully saturated rings. The van der Waals surface area contributed by atoms with Crippen molar-refractivity contribution in [2.24, 2.45) is 0 Å². The molecule has 68 valence electrons. The number of carbonyl (C=O) groups excluding carboxylic acids is 1. The van der Waals surface area contributed by atoms with E-state index in [0.717, 1.165) is 31.2 Å². The van der Waals surface area contributed by atoms with Crippen LogP contribution in [0.4, 0.5) is 0 Å². The minimum Gasteiger partial charge on any atom is -0.294 e. The van der Waals surface area contributed by atoms with Crippen LogP contribution in [-0.2, 0) is 6.42 Å². The molecule has 0 saturated heterocycles. The quantitative estimate of drug-likeness (QED) is 0.553. The molecule has 0 aliphatic heterocycles. The van der Waals surface area contributed by atoms with Gasteiger partial charge in [-0.1, -0.05) is 17.7 Å². The highest BCUT2D eigenvalue weighted by Crippen LogP contribution is 2.21. The summed E-state index contributed by atoms with van der Waals surface area (Å²) in [6.07, 6.45) is 4.01. The average molecular weight is 174 g/mol. The molecule has 2 rings (SSSR count). The third-order valence-electron chi connectivity index (χ3n) is 2.67. The van der Waals surface area contributed by atoms with Crippen LogP contribution < -0.4 is 0 Å². The Morgan fingerprint density at radius 1 is 1.15 bits per heavy atom. The lowest BCUT2D eigenvalue weighted by atomic mass is 10.00. The molecule has 1 nitrogen and oxygen atoms in total. The van der Waals surface area contributed by atoms with Gasteiger partial charge in [0.25, 0.3) is 0 Å². The Labute approximate surface area is 78.8 Å². The molecule has 0 saturated carbocycles. The second-order valence-electron chi connectivity index (χ2n) is 3.79. The molecule has 1 aliphatic carbocycles. The fraction of sp³-hybridized carbons (Fsp3) is 0.417. The fourth-order valence-corrected chi connectivity index (χ4v) is 1.90. The molecule has 0 aromatic heterocycles. The zero-order valence-electron chi connectivity index (χ0n) is 7.97. The Bertz CT molecular complexity index is 339. The van der Waals surface area contributed by atoms with Gasteiger partial charge in [-0.3, -0.25) is 4.79 Å². The van der Waals surface area contributed by atoms with Gasteiger partial charge in [0, 0.05) is 12.0 Å². The smallest absolute Gasteiger partial charge is 0.163 e. The second-order valence-corrected chi connectivity index (χ2v) is 3.79. The number of carbonyl (C=O) groups is 1. The first-order valence-electron chi connectivity index (χ1n) is 4.90. The van der Waals surface area contributed by atoms with Crippen LogP contribution in [0.2, 0.25) is 0 Å². The molecule has 0 unspecified atom stereocenters. The lowest BCUT2D eigenvalue weighted by molar-refractivity contribution is 0.0982. The van der Waals surface area contributed by atoms with Crippen LogP contribution in [0.15, 0.2) is 18.2 Å². The summed E-state index contributed by atoms with van der Waals surface area (Å²) in [6.45, 7) is 2.04. The van der Waals surface area contributed by atoms with Gasteiger partial charge in [0.1, 0.15) is 0 Å². The van der Waals surface area contributed by atoms with E-state index in [1.165, 1.54) is 11.1 Å². The Balaban J connectivity index is 2.49. The molecule has 0 amide bonds. The van der Waals surface area contributed by atoms with E-state index in [1.807, 2.05) is 13.0 Å². The van der Waals surface area contributed by atoms with Crippen molar-refractivity contribution in [1.82, 2.24) is 0 Å². The third-order valence-corrected chi connectivity index (χ3v) is 2.67. The molecule has 0 bridgehead atoms. The van der Waals surface area contributed by atoms with Gasteiger partial charge < -0.3 is 0 Å². The van der Waals surface area contributed by atoms with Crippen LogP contribution in [0.3, 0.4) is 0 Å². The van der Waals surface area contributed by atoms with Gasteiger partial charge in [-0.25, -0.2) is 0 Å². The molecule has 1 heteroatoms. The van der Waals surface area contributed by atoms with Crippen LogP contribution in [-0.4, -0.2) is 5.78 Å². The van der Waals surface area contributed by atoms with Crippen molar-refractivity contribution in [3.63, 3.8) is 0 Å². The molecule has 13 heavy (non-hydrogen) atoms. The van der Waals surface area contributed by atoms with E-state index in [-0.39, 0.29) is 0 Å². The molecule has 0 N–H and O–H groups in total. The normalized spacial score (nSPS) is 16.5. The van der Waals surface area contributed by atoms with Crippen molar-refractivity contribution in [2.45, 2.75) is 32.6 Å². The van der Waals surface area contributed by atoms with Gasteiger partial charge in [-0.05, 0) is 37.8 Å². The second kappa shape index (κ2) is 3.33. The van der Waals surface area contributed by atoms with Crippen LogP contribution in [0.5, 0.6) is 0 Å². The first kappa shape index (κ1) is 8.49. The molecular weight excluding hydrogens is 160 g/mol. The molecule has 1 aliphatic rings. The molecule has 1 aromatic rings. The predicted molar refractivity (Wildman–Crippen MR) is 53.1 cm³/mol. The van der Waals surface area contributed by atoms with Crippen LogP contribution in [0.25, 0.3) is 0 Å². The molecular formula is C12H14O. The average Bonchev–Trinajstić information content (AvgIpc) is 2.29. The summed E-state index contributed by atoms with van der Waals surface area (Å²) >= 11 is 0. The van der Waals surface area contributed by atoms with Gasteiger partial charge in [0.2, 0.25) is 0 Å². The molecule has 0 radical (unpaired) electrons. The van der Waals surface area contributed by atoms with Crippen LogP contribution >= 0.6 is 0 Å². The summed E-state index contributed by atoms with van der Waals surface area (Å²) in [7, 11) is 0. The summed E-state index contributed by atoms with van der Waals surface area (Å²) in [5.74, 6) is 0.330. The highest BCUT2D eigenvalue weighted by Gasteiger charge is 2.14. The van der Waals surface area contributed by atoms with Gasteiger partial charge in [0.15, 0.2) is 5.78 Å². The Morgan fingerprint density at radius 3 is 2.77 bits per heavy atom. The fourth-order valence-electron chi connectivity index (χ4n) is 1.90. The van der Waals surface area contributed by atoms with E-state index in [1.54, 1.807) is 0 Å². The first-order valence-corrected chi connectivity index (χ1v) is 4.90. The van der Waals surface area contributed by atoms with Crippen molar-refractivity contribution in [3.05, 3.63) is 34.9 Å². The van der Waals surface area contributed by atoms with Gasteiger partial charge in [-0.2, -0.15) is 0 Å². The van der Waals surface area contributed by atoms with Crippen molar-refractivity contribution < 1.29 is 4.79 Å². The Morgan fingerprint density at radius 2 is 1.92 bits per heavy atom. The number of hydrogen-bond donors (Lipinski definition) is 0. The molecule has 0 heterocycles. The first-order chi connectivity index (χ1) is 6.27. The number of rotatable bonds is 0. The van der Waals surface area contributed by atoms with Crippen molar-refractivity contribution >= 4 is 5.78 Å². The van der Waals surface area contributed by atoms with Crippen LogP contribution in [0, 0.1) is 6.92 Å². The maximum absolute atomic E-state index is 11.7. The summed E-state index contributed by atoms with van der Waals surface area (Å²) in [5, 5.41) is 0. The van der Waals surface area contributed by atoms with E-state index >= 15 is 0 Å². The highest BCUT2D eigenvalue weighted by molar-refractivity contribution is 5.97. The van der Waals surface area contributed by atoms with Gasteiger partial charge in [0.05, 0.1) is 0 Å². The van der Waals surface area contributed by atoms with Gasteiger partial charge >= 0.3 is 0 Å². The third kappa shape index (κ3) is 1.64. The lowest BCUT2D eigenvalue weighted by Crippen LogP contribution is -2.00. The van der Waals surface area contributed by atoms with E-state index in [0.29, 0.717) is 5.78 Å². The monoisotopic (exact) mass is 174 g/mol. The topological polar surface area (TPSA) is 17.1 Å². The number of aryl methyl sites for hydroxylation is 2. The van der Waals surface area contributed by atoms with Crippen molar-refractivity contribution in [2.75, 3.05) is 0 Å². The number of hydrogen-bond acceptors (Lipinski definition) is 1. The SMILES string of the molecule is Cc1ccc2c(c1)C(=O)CCCC2. The van der Waals surface area contributed by atoms with E-state index in [4.69, 9.17) is 0 Å². The summed E-state index contributed by atoms with van der Waals surface area (Å²) in [5.41, 5.74) is 3.40. The summed E-state index contributed by atoms with van der Waals surface area (Å²) < 4.78 is 0. The molecule has 0 atom stereocenters. The molecule has 0 spiro atoms. The largest absolute Gasteiger partial charge is 0.294 e. The number of ketones is 1. The Kier molecular flexibility index (Phi) is 2.17. The van der Waals surface area contributed by atoms with E-state index in [9.17, 15) is 4.79 Å². The standard InChI is InChI=1S/C12H14O/c1-9-6-7-10-4-2-3-5-12(13)11(10)8-9/h6-8H,2-5H2,1H3. The molecule has 1 aromatic carbocycles. The summed E-state index contributed by atoms with van der Waals surface area (Å²) in [6, 6.07) is 6.23.